The number of carbonyl (C=O) groups excluding carboxylic acids is 1. The summed E-state index contributed by atoms with van der Waals surface area (Å²) in [6.07, 6.45) is 0.219. The molecule has 0 aliphatic rings. The van der Waals surface area contributed by atoms with Gasteiger partial charge in [0.1, 0.15) is 15.8 Å². The number of nitrogens with zero attached hydrogens (tertiary/aromatic N) is 1. The van der Waals surface area contributed by atoms with Crippen molar-refractivity contribution in [2.45, 2.75) is 23.4 Å². The van der Waals surface area contributed by atoms with Crippen LogP contribution >= 0.6 is 23.1 Å². The number of aromatic nitrogens is 1. The van der Waals surface area contributed by atoms with Crippen LogP contribution < -0.4 is 14.8 Å². The summed E-state index contributed by atoms with van der Waals surface area (Å²) in [6, 6.07) is 13.8. The lowest BCUT2D eigenvalue weighted by molar-refractivity contribution is -0.115. The first-order valence-electron chi connectivity index (χ1n) is 8.72. The van der Waals surface area contributed by atoms with Gasteiger partial charge < -0.3 is 14.8 Å². The third-order valence-electron chi connectivity index (χ3n) is 4.04. The Morgan fingerprint density at radius 2 is 1.93 bits per heavy atom. The van der Waals surface area contributed by atoms with Crippen LogP contribution in [0.3, 0.4) is 0 Å². The lowest BCUT2D eigenvalue weighted by Gasteiger charge is -2.11. The summed E-state index contributed by atoms with van der Waals surface area (Å²) in [7, 11) is 3.14. The lowest BCUT2D eigenvalue weighted by Crippen LogP contribution is -2.15. The zero-order valence-corrected chi connectivity index (χ0v) is 17.7. The van der Waals surface area contributed by atoms with Crippen LogP contribution in [-0.4, -0.2) is 25.1 Å². The van der Waals surface area contributed by atoms with Gasteiger partial charge in [-0.05, 0) is 24.6 Å². The van der Waals surface area contributed by atoms with E-state index in [0.29, 0.717) is 17.2 Å². The molecule has 0 aliphatic carbocycles. The molecule has 3 aromatic rings. The number of hydrogen-bond donors (Lipinski definition) is 1. The summed E-state index contributed by atoms with van der Waals surface area (Å²) in [5.41, 5.74) is 3.89. The Bertz CT molecular complexity index is 939. The van der Waals surface area contributed by atoms with Crippen molar-refractivity contribution in [3.05, 3.63) is 64.7 Å². The van der Waals surface area contributed by atoms with Crippen molar-refractivity contribution < 1.29 is 14.3 Å². The largest absolute Gasteiger partial charge is 0.497 e. The number of anilines is 1. The molecule has 0 saturated carbocycles. The molecule has 1 N–H and O–H groups in total. The number of amides is 1. The van der Waals surface area contributed by atoms with Crippen LogP contribution in [0.4, 0.5) is 5.69 Å². The van der Waals surface area contributed by atoms with E-state index in [4.69, 9.17) is 9.47 Å². The van der Waals surface area contributed by atoms with E-state index >= 15 is 0 Å². The predicted octanol–water partition coefficient (Wildman–Crippen LogP) is 4.94. The molecule has 28 heavy (non-hydrogen) atoms. The van der Waals surface area contributed by atoms with Crippen LogP contribution in [0.15, 0.2) is 52.2 Å². The number of thioether (sulfide) groups is 1. The third-order valence-corrected chi connectivity index (χ3v) is 6.18. The molecule has 1 heterocycles. The highest BCUT2D eigenvalue weighted by Crippen LogP contribution is 2.30. The first-order valence-corrected chi connectivity index (χ1v) is 10.6. The fourth-order valence-electron chi connectivity index (χ4n) is 2.53. The maximum Gasteiger partial charge on any atom is 0.230 e. The highest BCUT2D eigenvalue weighted by Gasteiger charge is 2.12. The van der Waals surface area contributed by atoms with Crippen molar-refractivity contribution in [2.24, 2.45) is 0 Å². The molecule has 0 spiro atoms. The average molecular weight is 415 g/mol. The topological polar surface area (TPSA) is 60.5 Å². The molecule has 3 rings (SSSR count). The van der Waals surface area contributed by atoms with Gasteiger partial charge in [-0.25, -0.2) is 4.98 Å². The highest BCUT2D eigenvalue weighted by molar-refractivity contribution is 8.00. The van der Waals surface area contributed by atoms with Crippen LogP contribution in [-0.2, 0) is 17.0 Å². The Kier molecular flexibility index (Phi) is 6.95. The number of nitrogens with one attached hydrogen (secondary N) is 1. The van der Waals surface area contributed by atoms with Gasteiger partial charge in [0, 0.05) is 17.2 Å². The number of rotatable bonds is 8. The van der Waals surface area contributed by atoms with E-state index < -0.39 is 0 Å². The van der Waals surface area contributed by atoms with E-state index in [9.17, 15) is 4.79 Å². The van der Waals surface area contributed by atoms with Crippen molar-refractivity contribution in [2.75, 3.05) is 19.5 Å². The molecule has 0 radical (unpaired) electrons. The third kappa shape index (κ3) is 5.50. The molecule has 7 heteroatoms. The van der Waals surface area contributed by atoms with E-state index in [1.807, 2.05) is 5.38 Å². The van der Waals surface area contributed by atoms with Crippen molar-refractivity contribution in [1.82, 2.24) is 4.98 Å². The van der Waals surface area contributed by atoms with Crippen LogP contribution in [0.1, 0.15) is 16.8 Å². The Labute approximate surface area is 173 Å². The maximum atomic E-state index is 12.4. The molecule has 0 fully saturated rings. The zero-order valence-electron chi connectivity index (χ0n) is 16.0. The fraction of sp³-hybridized carbons (Fsp3) is 0.238. The molecule has 0 bridgehead atoms. The van der Waals surface area contributed by atoms with E-state index in [2.05, 4.69) is 41.5 Å². The van der Waals surface area contributed by atoms with Gasteiger partial charge in [-0.1, -0.05) is 41.6 Å². The molecule has 146 valence electrons. The Hall–Kier alpha value is -2.51. The van der Waals surface area contributed by atoms with Gasteiger partial charge in [-0.15, -0.1) is 11.3 Å². The van der Waals surface area contributed by atoms with E-state index in [1.165, 1.54) is 11.1 Å². The summed E-state index contributed by atoms with van der Waals surface area (Å²) < 4.78 is 11.4. The van der Waals surface area contributed by atoms with Crippen molar-refractivity contribution in [3.63, 3.8) is 0 Å². The molecule has 0 saturated heterocycles. The Balaban J connectivity index is 1.56. The number of aryl methyl sites for hydroxylation is 1. The second kappa shape index (κ2) is 9.61. The molecule has 0 aliphatic heterocycles. The van der Waals surface area contributed by atoms with Crippen LogP contribution in [0.5, 0.6) is 11.5 Å². The second-order valence-electron chi connectivity index (χ2n) is 6.17. The van der Waals surface area contributed by atoms with Gasteiger partial charge in [-0.3, -0.25) is 4.79 Å². The minimum Gasteiger partial charge on any atom is -0.497 e. The first-order chi connectivity index (χ1) is 13.6. The predicted molar refractivity (Wildman–Crippen MR) is 115 cm³/mol. The van der Waals surface area contributed by atoms with Crippen molar-refractivity contribution in [3.8, 4) is 11.5 Å². The smallest absolute Gasteiger partial charge is 0.230 e. The van der Waals surface area contributed by atoms with Gasteiger partial charge >= 0.3 is 0 Å². The first kappa shape index (κ1) is 20.2. The minimum atomic E-state index is -0.135. The molecule has 0 atom stereocenters. The monoisotopic (exact) mass is 414 g/mol. The SMILES string of the molecule is COc1ccc(NC(=O)Cc2csc(SCc3ccc(C)cc3)n2)c(OC)c1. The molecular formula is C21H22N2O3S2. The van der Waals surface area contributed by atoms with E-state index in [1.54, 1.807) is 55.5 Å². The summed E-state index contributed by atoms with van der Waals surface area (Å²) >= 11 is 3.25. The molecule has 1 aromatic heterocycles. The standard InChI is InChI=1S/C21H22N2O3S2/c1-14-4-6-15(7-5-14)12-27-21-22-16(13-28-21)10-20(24)23-18-9-8-17(25-2)11-19(18)26-3/h4-9,11,13H,10,12H2,1-3H3,(H,23,24). The minimum absolute atomic E-state index is 0.135. The van der Waals surface area contributed by atoms with Gasteiger partial charge in [0.05, 0.1) is 32.0 Å². The van der Waals surface area contributed by atoms with Gasteiger partial charge in [0.15, 0.2) is 0 Å². The molecule has 5 nitrogen and oxygen atoms in total. The number of carbonyl (C=O) groups is 1. The highest BCUT2D eigenvalue weighted by atomic mass is 32.2. The second-order valence-corrected chi connectivity index (χ2v) is 8.25. The van der Waals surface area contributed by atoms with Crippen LogP contribution in [0.25, 0.3) is 0 Å². The lowest BCUT2D eigenvalue weighted by atomic mass is 10.2. The summed E-state index contributed by atoms with van der Waals surface area (Å²) in [4.78, 5) is 16.9. The van der Waals surface area contributed by atoms with Gasteiger partial charge in [-0.2, -0.15) is 0 Å². The number of ether oxygens (including phenoxy) is 2. The number of benzene rings is 2. The Morgan fingerprint density at radius 1 is 1.14 bits per heavy atom. The van der Waals surface area contributed by atoms with Crippen molar-refractivity contribution in [1.29, 1.82) is 0 Å². The zero-order chi connectivity index (χ0) is 19.9. The number of methoxy groups -OCH3 is 2. The Morgan fingerprint density at radius 3 is 2.64 bits per heavy atom. The molecular weight excluding hydrogens is 392 g/mol. The van der Waals surface area contributed by atoms with Crippen LogP contribution in [0.2, 0.25) is 0 Å². The summed E-state index contributed by atoms with van der Waals surface area (Å²) in [5.74, 6) is 1.96. The molecule has 1 amide bonds. The van der Waals surface area contributed by atoms with E-state index in [0.717, 1.165) is 15.8 Å². The number of hydrogen-bond acceptors (Lipinski definition) is 6. The average Bonchev–Trinajstić information content (AvgIpc) is 3.15. The quantitative estimate of drug-likeness (QED) is 0.529. The summed E-state index contributed by atoms with van der Waals surface area (Å²) in [6.45, 7) is 2.08. The molecule has 0 unspecified atom stereocenters. The number of thiazole rings is 1. The molecule has 2 aromatic carbocycles. The fourth-order valence-corrected chi connectivity index (χ4v) is 4.33. The summed E-state index contributed by atoms with van der Waals surface area (Å²) in [5, 5.41) is 4.80. The van der Waals surface area contributed by atoms with Gasteiger partial charge in [0.2, 0.25) is 5.91 Å². The normalized spacial score (nSPS) is 10.5. The van der Waals surface area contributed by atoms with Crippen LogP contribution in [0, 0.1) is 6.92 Å². The maximum absolute atomic E-state index is 12.4. The van der Waals surface area contributed by atoms with Gasteiger partial charge in [0.25, 0.3) is 0 Å². The van der Waals surface area contributed by atoms with E-state index in [-0.39, 0.29) is 12.3 Å². The van der Waals surface area contributed by atoms with Crippen molar-refractivity contribution >= 4 is 34.7 Å².